The summed E-state index contributed by atoms with van der Waals surface area (Å²) in [6.45, 7) is 1.93. The zero-order valence-corrected chi connectivity index (χ0v) is 12.3. The summed E-state index contributed by atoms with van der Waals surface area (Å²) < 4.78 is 24.7. The Hall–Kier alpha value is -1.13. The number of hydrogen-bond acceptors (Lipinski definition) is 2. The first-order valence-corrected chi connectivity index (χ1v) is 8.11. The summed E-state index contributed by atoms with van der Waals surface area (Å²) in [6, 6.07) is 13.8. The molecule has 0 fully saturated rings. The zero-order chi connectivity index (χ0) is 13.2. The van der Waals surface area contributed by atoms with Crippen molar-refractivity contribution in [1.82, 2.24) is 0 Å². The number of sulfone groups is 1. The van der Waals surface area contributed by atoms with Crippen LogP contribution in [-0.4, -0.2) is 8.42 Å². The molecular formula is C14H13BrO2S. The van der Waals surface area contributed by atoms with Crippen molar-refractivity contribution >= 4 is 25.8 Å². The van der Waals surface area contributed by atoms with Gasteiger partial charge in [0.05, 0.1) is 9.79 Å². The molecule has 0 aliphatic rings. The van der Waals surface area contributed by atoms with E-state index in [2.05, 4.69) is 15.9 Å². The second-order valence-corrected chi connectivity index (χ2v) is 6.60. The molecule has 0 aliphatic carbocycles. The van der Waals surface area contributed by atoms with Gasteiger partial charge in [-0.15, -0.1) is 0 Å². The smallest absolute Gasteiger partial charge is 0.206 e. The van der Waals surface area contributed by atoms with E-state index in [1.165, 1.54) is 0 Å². The molecule has 0 bridgehead atoms. The molecule has 0 saturated carbocycles. The molecule has 2 aromatic carbocycles. The van der Waals surface area contributed by atoms with Gasteiger partial charge in [-0.3, -0.25) is 0 Å². The molecule has 94 valence electrons. The van der Waals surface area contributed by atoms with Crippen LogP contribution in [0.25, 0.3) is 0 Å². The quantitative estimate of drug-likeness (QED) is 0.806. The number of benzene rings is 2. The highest BCUT2D eigenvalue weighted by atomic mass is 79.9. The predicted octanol–water partition coefficient (Wildman–Crippen LogP) is 3.72. The molecule has 0 N–H and O–H groups in total. The summed E-state index contributed by atoms with van der Waals surface area (Å²) in [5.74, 6) is 0. The van der Waals surface area contributed by atoms with E-state index < -0.39 is 9.84 Å². The summed E-state index contributed by atoms with van der Waals surface area (Å²) in [4.78, 5) is 0.663. The standard InChI is InChI=1S/C14H13BrO2S/c1-11-2-6-13(7-3-11)18(16,17)14-8-4-12(10-15)5-9-14/h2-9H,10H2,1H3. The van der Waals surface area contributed by atoms with Crippen molar-refractivity contribution in [2.45, 2.75) is 22.0 Å². The Morgan fingerprint density at radius 1 is 0.889 bits per heavy atom. The lowest BCUT2D eigenvalue weighted by atomic mass is 10.2. The fourth-order valence-corrected chi connectivity index (χ4v) is 3.25. The van der Waals surface area contributed by atoms with E-state index >= 15 is 0 Å². The zero-order valence-electron chi connectivity index (χ0n) is 9.93. The molecule has 0 spiro atoms. The van der Waals surface area contributed by atoms with Gasteiger partial charge in [-0.2, -0.15) is 0 Å². The van der Waals surface area contributed by atoms with E-state index in [9.17, 15) is 8.42 Å². The lowest BCUT2D eigenvalue weighted by Crippen LogP contribution is -2.01. The molecule has 0 heterocycles. The third kappa shape index (κ3) is 2.65. The van der Waals surface area contributed by atoms with Gasteiger partial charge >= 0.3 is 0 Å². The van der Waals surface area contributed by atoms with Crippen molar-refractivity contribution in [2.24, 2.45) is 0 Å². The predicted molar refractivity (Wildman–Crippen MR) is 75.7 cm³/mol. The monoisotopic (exact) mass is 324 g/mol. The normalized spacial score (nSPS) is 11.4. The number of hydrogen-bond donors (Lipinski definition) is 0. The largest absolute Gasteiger partial charge is 0.219 e. The first-order chi connectivity index (χ1) is 8.54. The Morgan fingerprint density at radius 2 is 1.33 bits per heavy atom. The van der Waals surface area contributed by atoms with Crippen molar-refractivity contribution < 1.29 is 8.42 Å². The second-order valence-electron chi connectivity index (χ2n) is 4.09. The first-order valence-electron chi connectivity index (χ1n) is 5.51. The summed E-state index contributed by atoms with van der Waals surface area (Å²) >= 11 is 3.34. The lowest BCUT2D eigenvalue weighted by molar-refractivity contribution is 0.596. The van der Waals surface area contributed by atoms with Crippen molar-refractivity contribution in [2.75, 3.05) is 0 Å². The van der Waals surface area contributed by atoms with Gasteiger partial charge in [0.1, 0.15) is 0 Å². The van der Waals surface area contributed by atoms with Crippen LogP contribution in [0.3, 0.4) is 0 Å². The highest BCUT2D eigenvalue weighted by Gasteiger charge is 2.16. The van der Waals surface area contributed by atoms with Gasteiger partial charge in [0.25, 0.3) is 0 Å². The minimum absolute atomic E-state index is 0.330. The highest BCUT2D eigenvalue weighted by Crippen LogP contribution is 2.21. The average Bonchev–Trinajstić information content (AvgIpc) is 2.39. The third-order valence-corrected chi connectivity index (χ3v) is 5.15. The van der Waals surface area contributed by atoms with Crippen LogP contribution in [0, 0.1) is 6.92 Å². The molecule has 0 radical (unpaired) electrons. The summed E-state index contributed by atoms with van der Waals surface area (Å²) in [5.41, 5.74) is 2.10. The molecular weight excluding hydrogens is 312 g/mol. The van der Waals surface area contributed by atoms with Gasteiger partial charge in [0, 0.05) is 5.33 Å². The maximum absolute atomic E-state index is 12.3. The third-order valence-electron chi connectivity index (χ3n) is 2.72. The van der Waals surface area contributed by atoms with Gasteiger partial charge in [0.2, 0.25) is 9.84 Å². The average molecular weight is 325 g/mol. The van der Waals surface area contributed by atoms with Gasteiger partial charge in [-0.05, 0) is 36.8 Å². The lowest BCUT2D eigenvalue weighted by Gasteiger charge is -2.05. The Labute approximate surface area is 116 Å². The van der Waals surface area contributed by atoms with E-state index in [0.29, 0.717) is 9.79 Å². The van der Waals surface area contributed by atoms with E-state index in [-0.39, 0.29) is 0 Å². The van der Waals surface area contributed by atoms with Crippen LogP contribution in [0.5, 0.6) is 0 Å². The van der Waals surface area contributed by atoms with Crippen LogP contribution in [-0.2, 0) is 15.2 Å². The fraction of sp³-hybridized carbons (Fsp3) is 0.143. The maximum Gasteiger partial charge on any atom is 0.206 e. The van der Waals surface area contributed by atoms with Crippen LogP contribution < -0.4 is 0 Å². The topological polar surface area (TPSA) is 34.1 Å². The Morgan fingerprint density at radius 3 is 1.78 bits per heavy atom. The van der Waals surface area contributed by atoms with Gasteiger partial charge in [-0.1, -0.05) is 45.8 Å². The van der Waals surface area contributed by atoms with E-state index in [0.717, 1.165) is 16.5 Å². The van der Waals surface area contributed by atoms with Crippen LogP contribution >= 0.6 is 15.9 Å². The van der Waals surface area contributed by atoms with Gasteiger partial charge in [0.15, 0.2) is 0 Å². The first kappa shape index (κ1) is 13.3. The summed E-state index contributed by atoms with van der Waals surface area (Å²) in [5, 5.41) is 0.720. The van der Waals surface area contributed by atoms with Gasteiger partial charge in [-0.25, -0.2) is 8.42 Å². The Balaban J connectivity index is 2.44. The molecule has 0 unspecified atom stereocenters. The molecule has 18 heavy (non-hydrogen) atoms. The molecule has 4 heteroatoms. The molecule has 0 amide bonds. The van der Waals surface area contributed by atoms with E-state index in [4.69, 9.17) is 0 Å². The molecule has 0 saturated heterocycles. The van der Waals surface area contributed by atoms with Crippen LogP contribution in [0.2, 0.25) is 0 Å². The number of alkyl halides is 1. The second kappa shape index (κ2) is 5.24. The molecule has 2 aromatic rings. The number of rotatable bonds is 3. The van der Waals surface area contributed by atoms with E-state index in [1.54, 1.807) is 36.4 Å². The van der Waals surface area contributed by atoms with Crippen LogP contribution in [0.4, 0.5) is 0 Å². The molecule has 0 aliphatic heterocycles. The van der Waals surface area contributed by atoms with Crippen LogP contribution in [0.1, 0.15) is 11.1 Å². The SMILES string of the molecule is Cc1ccc(S(=O)(=O)c2ccc(CBr)cc2)cc1. The summed E-state index contributed by atoms with van der Waals surface area (Å²) in [7, 11) is -3.40. The van der Waals surface area contributed by atoms with Crippen molar-refractivity contribution in [3.8, 4) is 0 Å². The Bertz CT molecular complexity index is 628. The van der Waals surface area contributed by atoms with Crippen LogP contribution in [0.15, 0.2) is 58.3 Å². The molecule has 0 atom stereocenters. The summed E-state index contributed by atoms with van der Waals surface area (Å²) in [6.07, 6.45) is 0. The Kier molecular flexibility index (Phi) is 3.88. The van der Waals surface area contributed by atoms with E-state index in [1.807, 2.05) is 19.1 Å². The fourth-order valence-electron chi connectivity index (χ4n) is 1.61. The van der Waals surface area contributed by atoms with Crippen molar-refractivity contribution in [3.05, 3.63) is 59.7 Å². The maximum atomic E-state index is 12.3. The number of halogens is 1. The molecule has 2 nitrogen and oxygen atoms in total. The molecule has 0 aromatic heterocycles. The molecule has 2 rings (SSSR count). The minimum atomic E-state index is -3.40. The van der Waals surface area contributed by atoms with Crippen molar-refractivity contribution in [3.63, 3.8) is 0 Å². The minimum Gasteiger partial charge on any atom is -0.219 e. The number of aryl methyl sites for hydroxylation is 1. The van der Waals surface area contributed by atoms with Crippen molar-refractivity contribution in [1.29, 1.82) is 0 Å². The highest BCUT2D eigenvalue weighted by molar-refractivity contribution is 9.08. The van der Waals surface area contributed by atoms with Gasteiger partial charge < -0.3 is 0 Å².